The molecule has 1 atom stereocenters. The van der Waals surface area contributed by atoms with Crippen molar-refractivity contribution in [2.24, 2.45) is 0 Å². The minimum Gasteiger partial charge on any atom is -0.414 e. The van der Waals surface area contributed by atoms with E-state index >= 15 is 0 Å². The van der Waals surface area contributed by atoms with E-state index in [0.717, 1.165) is 17.5 Å². The van der Waals surface area contributed by atoms with Crippen molar-refractivity contribution >= 4 is 39.3 Å². The van der Waals surface area contributed by atoms with Crippen molar-refractivity contribution in [3.63, 3.8) is 0 Å². The second-order valence-corrected chi connectivity index (χ2v) is 7.32. The van der Waals surface area contributed by atoms with E-state index in [-0.39, 0.29) is 28.6 Å². The van der Waals surface area contributed by atoms with Crippen LogP contribution in [0.3, 0.4) is 0 Å². The van der Waals surface area contributed by atoms with Crippen LogP contribution in [0.5, 0.6) is 0 Å². The van der Waals surface area contributed by atoms with Gasteiger partial charge in [-0.1, -0.05) is 27.7 Å². The third kappa shape index (κ3) is 4.50. The predicted octanol–water partition coefficient (Wildman–Crippen LogP) is 3.82. The number of thioether (sulfide) groups is 1. The Bertz CT molecular complexity index is 929. The summed E-state index contributed by atoms with van der Waals surface area (Å²) >= 11 is 4.25. The van der Waals surface area contributed by atoms with Crippen LogP contribution in [0.4, 0.5) is 10.1 Å². The molecule has 1 amide bonds. The lowest BCUT2D eigenvalue weighted by Gasteiger charge is -2.06. The molecule has 3 aromatic rings. The van der Waals surface area contributed by atoms with E-state index in [2.05, 4.69) is 36.5 Å². The van der Waals surface area contributed by atoms with E-state index in [1.807, 2.05) is 26.1 Å². The van der Waals surface area contributed by atoms with E-state index in [1.54, 1.807) is 10.7 Å². The molecule has 0 aliphatic carbocycles. The fourth-order valence-corrected chi connectivity index (χ4v) is 3.02. The summed E-state index contributed by atoms with van der Waals surface area (Å²) in [5.74, 6) is -0.463. The van der Waals surface area contributed by atoms with Gasteiger partial charge in [-0.15, -0.1) is 10.2 Å². The first-order valence-electron chi connectivity index (χ1n) is 7.65. The Morgan fingerprint density at radius 3 is 2.92 bits per heavy atom. The highest BCUT2D eigenvalue weighted by atomic mass is 79.9. The third-order valence-corrected chi connectivity index (χ3v) is 4.76. The smallest absolute Gasteiger partial charge is 0.277 e. The maximum absolute atomic E-state index is 13.7. The van der Waals surface area contributed by atoms with E-state index < -0.39 is 5.82 Å². The molecule has 0 saturated heterocycles. The first-order chi connectivity index (χ1) is 12.4. The van der Waals surface area contributed by atoms with Gasteiger partial charge in [0.1, 0.15) is 11.9 Å². The van der Waals surface area contributed by atoms with Crippen molar-refractivity contribution in [2.45, 2.75) is 25.1 Å². The average molecular weight is 440 g/mol. The first kappa shape index (κ1) is 18.6. The zero-order valence-corrected chi connectivity index (χ0v) is 16.3. The summed E-state index contributed by atoms with van der Waals surface area (Å²) in [6.45, 7) is 3.78. The Balaban J connectivity index is 1.56. The SMILES string of the molecule is Cc1ccn([C@@H](C)c2nnc(SCC(=O)Nc3ccc(Br)cc3F)o2)n1. The van der Waals surface area contributed by atoms with Gasteiger partial charge in [0.05, 0.1) is 17.1 Å². The number of aryl methyl sites for hydroxylation is 1. The molecule has 0 fully saturated rings. The maximum atomic E-state index is 13.7. The Morgan fingerprint density at radius 1 is 1.42 bits per heavy atom. The molecule has 2 aromatic heterocycles. The normalized spacial score (nSPS) is 12.2. The molecule has 3 rings (SSSR count). The Morgan fingerprint density at radius 2 is 2.23 bits per heavy atom. The summed E-state index contributed by atoms with van der Waals surface area (Å²) < 4.78 is 21.6. The van der Waals surface area contributed by atoms with Crippen LogP contribution in [0.1, 0.15) is 24.6 Å². The van der Waals surface area contributed by atoms with E-state index in [0.29, 0.717) is 10.4 Å². The first-order valence-corrected chi connectivity index (χ1v) is 9.43. The zero-order chi connectivity index (χ0) is 18.7. The number of aromatic nitrogens is 4. The molecule has 0 aliphatic heterocycles. The lowest BCUT2D eigenvalue weighted by atomic mass is 10.3. The van der Waals surface area contributed by atoms with Crippen molar-refractivity contribution in [3.05, 3.63) is 52.3 Å². The topological polar surface area (TPSA) is 85.8 Å². The second-order valence-electron chi connectivity index (χ2n) is 5.48. The fourth-order valence-electron chi connectivity index (χ4n) is 2.11. The molecule has 2 heterocycles. The molecule has 0 spiro atoms. The van der Waals surface area contributed by atoms with E-state index in [4.69, 9.17) is 4.42 Å². The van der Waals surface area contributed by atoms with Gasteiger partial charge < -0.3 is 9.73 Å². The Labute approximate surface area is 161 Å². The van der Waals surface area contributed by atoms with Crippen LogP contribution in [0.25, 0.3) is 0 Å². The average Bonchev–Trinajstić information content (AvgIpc) is 3.24. The molecule has 1 N–H and O–H groups in total. The number of nitrogens with one attached hydrogen (secondary N) is 1. The number of hydrogen-bond acceptors (Lipinski definition) is 6. The largest absolute Gasteiger partial charge is 0.414 e. The van der Waals surface area contributed by atoms with Crippen LogP contribution in [-0.4, -0.2) is 31.6 Å². The Hall–Kier alpha value is -2.20. The van der Waals surface area contributed by atoms with Crippen molar-refractivity contribution in [3.8, 4) is 0 Å². The maximum Gasteiger partial charge on any atom is 0.277 e. The number of carbonyl (C=O) groups is 1. The van der Waals surface area contributed by atoms with Gasteiger partial charge in [0.25, 0.3) is 5.22 Å². The van der Waals surface area contributed by atoms with Crippen LogP contribution >= 0.6 is 27.7 Å². The Kier molecular flexibility index (Phi) is 5.72. The summed E-state index contributed by atoms with van der Waals surface area (Å²) in [5.41, 5.74) is 1.01. The molecule has 7 nitrogen and oxygen atoms in total. The van der Waals surface area contributed by atoms with Gasteiger partial charge in [-0.25, -0.2) is 4.39 Å². The lowest BCUT2D eigenvalue weighted by molar-refractivity contribution is -0.113. The van der Waals surface area contributed by atoms with Crippen LogP contribution in [-0.2, 0) is 4.79 Å². The van der Waals surface area contributed by atoms with Crippen molar-refractivity contribution in [1.82, 2.24) is 20.0 Å². The highest BCUT2D eigenvalue weighted by Gasteiger charge is 2.17. The van der Waals surface area contributed by atoms with Gasteiger partial charge >= 0.3 is 0 Å². The summed E-state index contributed by atoms with van der Waals surface area (Å²) in [6, 6.07) is 6.09. The van der Waals surface area contributed by atoms with Gasteiger partial charge in [0.15, 0.2) is 0 Å². The monoisotopic (exact) mass is 439 g/mol. The van der Waals surface area contributed by atoms with Crippen molar-refractivity contribution in [2.75, 3.05) is 11.1 Å². The lowest BCUT2D eigenvalue weighted by Crippen LogP contribution is -2.15. The van der Waals surface area contributed by atoms with E-state index in [9.17, 15) is 9.18 Å². The molecule has 136 valence electrons. The number of halogens is 2. The second kappa shape index (κ2) is 8.00. The number of amides is 1. The molecule has 0 aliphatic rings. The van der Waals surface area contributed by atoms with Gasteiger partial charge in [0, 0.05) is 10.7 Å². The van der Waals surface area contributed by atoms with Crippen molar-refractivity contribution in [1.29, 1.82) is 0 Å². The minimum absolute atomic E-state index is 0.0202. The quantitative estimate of drug-likeness (QED) is 0.587. The summed E-state index contributed by atoms with van der Waals surface area (Å²) in [7, 11) is 0. The predicted molar refractivity (Wildman–Crippen MR) is 98.5 cm³/mol. The molecule has 0 saturated carbocycles. The summed E-state index contributed by atoms with van der Waals surface area (Å²) in [5, 5.41) is 15.0. The molecule has 0 unspecified atom stereocenters. The van der Waals surface area contributed by atoms with Gasteiger partial charge in [-0.2, -0.15) is 5.10 Å². The van der Waals surface area contributed by atoms with Gasteiger partial charge in [-0.3, -0.25) is 9.48 Å². The van der Waals surface area contributed by atoms with Crippen LogP contribution in [0.2, 0.25) is 0 Å². The fraction of sp³-hybridized carbons (Fsp3) is 0.250. The third-order valence-electron chi connectivity index (χ3n) is 3.45. The molecule has 1 aromatic carbocycles. The van der Waals surface area contributed by atoms with Gasteiger partial charge in [0.2, 0.25) is 11.8 Å². The van der Waals surface area contributed by atoms with Crippen LogP contribution < -0.4 is 5.32 Å². The zero-order valence-electron chi connectivity index (χ0n) is 13.9. The number of carbonyl (C=O) groups excluding carboxylic acids is 1. The molecule has 26 heavy (non-hydrogen) atoms. The number of nitrogens with zero attached hydrogens (tertiary/aromatic N) is 4. The van der Waals surface area contributed by atoms with Gasteiger partial charge in [-0.05, 0) is 38.1 Å². The minimum atomic E-state index is -0.513. The highest BCUT2D eigenvalue weighted by molar-refractivity contribution is 9.10. The summed E-state index contributed by atoms with van der Waals surface area (Å²) in [6.07, 6.45) is 1.83. The number of rotatable bonds is 6. The standard InChI is InChI=1S/C16H15BrFN5O2S/c1-9-5-6-23(22-9)10(2)15-20-21-16(25-15)26-8-14(24)19-13-4-3-11(17)7-12(13)18/h3-7,10H,8H2,1-2H3,(H,19,24)/t10-/m0/s1. The van der Waals surface area contributed by atoms with Crippen LogP contribution in [0.15, 0.2) is 44.6 Å². The molecule has 0 bridgehead atoms. The number of anilines is 1. The number of hydrogen-bond donors (Lipinski definition) is 1. The number of benzene rings is 1. The van der Waals surface area contributed by atoms with E-state index in [1.165, 1.54) is 12.1 Å². The molecular weight excluding hydrogens is 425 g/mol. The van der Waals surface area contributed by atoms with Crippen LogP contribution in [0, 0.1) is 12.7 Å². The molecule has 0 radical (unpaired) electrons. The molecular formula is C16H15BrFN5O2S. The van der Waals surface area contributed by atoms with Crippen molar-refractivity contribution < 1.29 is 13.6 Å². The highest BCUT2D eigenvalue weighted by Crippen LogP contribution is 2.23. The summed E-state index contributed by atoms with van der Waals surface area (Å²) in [4.78, 5) is 12.0. The molecule has 10 heteroatoms.